The monoisotopic (exact) mass is 514 g/mol. The fraction of sp³-hybridized carbons (Fsp3) is 0.423. The molecule has 0 spiro atoms. The predicted octanol–water partition coefficient (Wildman–Crippen LogP) is 3.41. The van der Waals surface area contributed by atoms with E-state index in [0.717, 1.165) is 5.56 Å². The number of anilines is 1. The van der Waals surface area contributed by atoms with Crippen LogP contribution in [-0.4, -0.2) is 54.0 Å². The number of benzene rings is 1. The number of rotatable bonds is 8. The van der Waals surface area contributed by atoms with E-state index in [2.05, 4.69) is 20.9 Å². The smallest absolute Gasteiger partial charge is 0.256 e. The van der Waals surface area contributed by atoms with Crippen LogP contribution in [0.2, 0.25) is 0 Å². The van der Waals surface area contributed by atoms with Crippen LogP contribution in [0.5, 0.6) is 5.75 Å². The van der Waals surface area contributed by atoms with Gasteiger partial charge in [0, 0.05) is 48.2 Å². The standard InChI is InChI=1S/C26H31FN4O4S/c1-16-19(27)5-4-6-20(16)31-25(36)23-21(8-10-29-24(23)32)30-11-17-7-9-28-12-22(17)33-13-18-14-35-26(2,3)15-34-18/h4-7,9,12,18,30H,8,10-11,13-15H2,1-3H3,(H,29,32)(H,31,36). The SMILES string of the molecule is Cc1c(F)cccc1NC(=S)C1=C(NCc2ccncc2OCC2COC(C)(C)CO2)CCNC1=O. The molecule has 192 valence electrons. The minimum Gasteiger partial charge on any atom is -0.489 e. The second-order valence-corrected chi connectivity index (χ2v) is 9.79. The summed E-state index contributed by atoms with van der Waals surface area (Å²) in [6.07, 6.45) is 3.76. The van der Waals surface area contributed by atoms with E-state index in [1.54, 1.807) is 31.5 Å². The first kappa shape index (κ1) is 26.0. The van der Waals surface area contributed by atoms with E-state index in [9.17, 15) is 9.18 Å². The van der Waals surface area contributed by atoms with E-state index in [4.69, 9.17) is 26.4 Å². The molecule has 1 atom stereocenters. The van der Waals surface area contributed by atoms with E-state index < -0.39 is 0 Å². The van der Waals surface area contributed by atoms with Gasteiger partial charge < -0.3 is 30.2 Å². The van der Waals surface area contributed by atoms with Gasteiger partial charge in [0.1, 0.15) is 29.3 Å². The molecule has 10 heteroatoms. The normalized spacial score (nSPS) is 19.4. The number of halogens is 1. The molecule has 0 aliphatic carbocycles. The summed E-state index contributed by atoms with van der Waals surface area (Å²) >= 11 is 5.55. The van der Waals surface area contributed by atoms with E-state index in [1.165, 1.54) is 6.07 Å². The van der Waals surface area contributed by atoms with Crippen molar-refractivity contribution in [2.75, 3.05) is 31.7 Å². The Morgan fingerprint density at radius 1 is 1.36 bits per heavy atom. The maximum absolute atomic E-state index is 14.0. The van der Waals surface area contributed by atoms with Crippen LogP contribution in [-0.2, 0) is 20.8 Å². The molecule has 2 aliphatic rings. The third-order valence-corrected chi connectivity index (χ3v) is 6.35. The summed E-state index contributed by atoms with van der Waals surface area (Å²) in [6, 6.07) is 6.56. The molecule has 0 bridgehead atoms. The number of nitrogens with one attached hydrogen (secondary N) is 3. The van der Waals surface area contributed by atoms with E-state index in [0.29, 0.717) is 67.6 Å². The van der Waals surface area contributed by atoms with Crippen molar-refractivity contribution in [3.63, 3.8) is 0 Å². The fourth-order valence-electron chi connectivity index (χ4n) is 3.89. The number of thiocarbonyl (C=S) groups is 1. The van der Waals surface area contributed by atoms with Gasteiger partial charge in [0.2, 0.25) is 0 Å². The Kier molecular flexibility index (Phi) is 8.17. The minimum atomic E-state index is -0.345. The Balaban J connectivity index is 1.44. The second kappa shape index (κ2) is 11.3. The molecule has 1 aromatic carbocycles. The molecule has 1 aromatic heterocycles. The molecule has 1 saturated heterocycles. The lowest BCUT2D eigenvalue weighted by atomic mass is 10.1. The third-order valence-electron chi connectivity index (χ3n) is 6.05. The van der Waals surface area contributed by atoms with E-state index in [-0.39, 0.29) is 28.4 Å². The molecule has 3 heterocycles. The van der Waals surface area contributed by atoms with Crippen LogP contribution >= 0.6 is 12.2 Å². The van der Waals surface area contributed by atoms with Crippen molar-refractivity contribution in [1.82, 2.24) is 15.6 Å². The number of hydrogen-bond donors (Lipinski definition) is 3. The van der Waals surface area contributed by atoms with Gasteiger partial charge in [0.25, 0.3) is 5.91 Å². The first-order chi connectivity index (χ1) is 17.2. The van der Waals surface area contributed by atoms with Crippen molar-refractivity contribution in [3.05, 3.63) is 64.9 Å². The highest BCUT2D eigenvalue weighted by molar-refractivity contribution is 7.81. The van der Waals surface area contributed by atoms with Gasteiger partial charge in [0.05, 0.1) is 30.6 Å². The highest BCUT2D eigenvalue weighted by Crippen LogP contribution is 2.23. The first-order valence-corrected chi connectivity index (χ1v) is 12.3. The molecular weight excluding hydrogens is 483 g/mol. The Labute approximate surface area is 215 Å². The molecule has 1 fully saturated rings. The summed E-state index contributed by atoms with van der Waals surface area (Å²) < 4.78 is 31.6. The van der Waals surface area contributed by atoms with Gasteiger partial charge in [-0.15, -0.1) is 0 Å². The second-order valence-electron chi connectivity index (χ2n) is 9.38. The zero-order chi connectivity index (χ0) is 25.7. The minimum absolute atomic E-state index is 0.162. The summed E-state index contributed by atoms with van der Waals surface area (Å²) in [5.41, 5.74) is 2.58. The number of aromatic nitrogens is 1. The third kappa shape index (κ3) is 6.37. The summed E-state index contributed by atoms with van der Waals surface area (Å²) in [5, 5.41) is 9.21. The number of nitrogens with zero attached hydrogens (tertiary/aromatic N) is 1. The first-order valence-electron chi connectivity index (χ1n) is 11.9. The Hall–Kier alpha value is -3.08. The summed E-state index contributed by atoms with van der Waals surface area (Å²) in [6.45, 7) is 7.83. The van der Waals surface area contributed by atoms with Crippen LogP contribution < -0.4 is 20.7 Å². The molecule has 36 heavy (non-hydrogen) atoms. The lowest BCUT2D eigenvalue weighted by Gasteiger charge is -2.34. The molecule has 0 radical (unpaired) electrons. The van der Waals surface area contributed by atoms with Crippen molar-refractivity contribution in [1.29, 1.82) is 0 Å². The topological polar surface area (TPSA) is 93.7 Å². The summed E-state index contributed by atoms with van der Waals surface area (Å²) in [7, 11) is 0. The van der Waals surface area contributed by atoms with Crippen LogP contribution in [0.4, 0.5) is 10.1 Å². The van der Waals surface area contributed by atoms with Gasteiger partial charge in [-0.1, -0.05) is 18.3 Å². The number of pyridine rings is 1. The van der Waals surface area contributed by atoms with Crippen LogP contribution in [0.3, 0.4) is 0 Å². The molecule has 4 rings (SSSR count). The van der Waals surface area contributed by atoms with Gasteiger partial charge in [0.15, 0.2) is 0 Å². The van der Waals surface area contributed by atoms with Gasteiger partial charge in [-0.3, -0.25) is 9.78 Å². The molecule has 2 aliphatic heterocycles. The zero-order valence-electron chi connectivity index (χ0n) is 20.7. The highest BCUT2D eigenvalue weighted by Gasteiger charge is 2.29. The Morgan fingerprint density at radius 3 is 2.97 bits per heavy atom. The molecule has 3 N–H and O–H groups in total. The fourth-order valence-corrected chi connectivity index (χ4v) is 4.21. The molecular formula is C26H31FN4O4S. The summed E-state index contributed by atoms with van der Waals surface area (Å²) in [4.78, 5) is 17.1. The highest BCUT2D eigenvalue weighted by atomic mass is 32.1. The zero-order valence-corrected chi connectivity index (χ0v) is 21.5. The van der Waals surface area contributed by atoms with Crippen molar-refractivity contribution >= 4 is 28.8 Å². The van der Waals surface area contributed by atoms with Crippen molar-refractivity contribution in [3.8, 4) is 5.75 Å². The van der Waals surface area contributed by atoms with Crippen LogP contribution in [0.25, 0.3) is 0 Å². The van der Waals surface area contributed by atoms with Crippen LogP contribution in [0.15, 0.2) is 47.9 Å². The average Bonchev–Trinajstić information content (AvgIpc) is 2.85. The molecule has 1 unspecified atom stereocenters. The molecule has 8 nitrogen and oxygen atoms in total. The lowest BCUT2D eigenvalue weighted by molar-refractivity contribution is -0.181. The Morgan fingerprint density at radius 2 is 2.19 bits per heavy atom. The van der Waals surface area contributed by atoms with Gasteiger partial charge in [-0.05, 0) is 39.0 Å². The van der Waals surface area contributed by atoms with E-state index >= 15 is 0 Å². The van der Waals surface area contributed by atoms with Gasteiger partial charge >= 0.3 is 0 Å². The number of ether oxygens (including phenoxy) is 3. The molecule has 1 amide bonds. The predicted molar refractivity (Wildman–Crippen MR) is 138 cm³/mol. The van der Waals surface area contributed by atoms with Crippen molar-refractivity contribution in [2.45, 2.75) is 45.4 Å². The van der Waals surface area contributed by atoms with E-state index in [1.807, 2.05) is 19.9 Å². The molecule has 2 aromatic rings. The average molecular weight is 515 g/mol. The number of amides is 1. The van der Waals surface area contributed by atoms with Crippen LogP contribution in [0.1, 0.15) is 31.4 Å². The largest absolute Gasteiger partial charge is 0.489 e. The number of carbonyl (C=O) groups is 1. The van der Waals surface area contributed by atoms with Gasteiger partial charge in [-0.25, -0.2) is 4.39 Å². The maximum Gasteiger partial charge on any atom is 0.256 e. The number of carbonyl (C=O) groups excluding carboxylic acids is 1. The quantitative estimate of drug-likeness (QED) is 0.462. The molecule has 0 saturated carbocycles. The maximum atomic E-state index is 14.0. The van der Waals surface area contributed by atoms with Gasteiger partial charge in [-0.2, -0.15) is 0 Å². The Bertz CT molecular complexity index is 1160. The number of hydrogen-bond acceptors (Lipinski definition) is 7. The van der Waals surface area contributed by atoms with Crippen molar-refractivity contribution in [2.24, 2.45) is 0 Å². The van der Waals surface area contributed by atoms with Crippen LogP contribution in [0, 0.1) is 12.7 Å². The van der Waals surface area contributed by atoms with Crippen molar-refractivity contribution < 1.29 is 23.4 Å². The summed E-state index contributed by atoms with van der Waals surface area (Å²) in [5.74, 6) is -0.00171. The lowest BCUT2D eigenvalue weighted by Crippen LogP contribution is -2.44.